The standard InChI is InChI=1S/C23H26N4O/c1-16-11-13-18(14-12-16)27-21-10-6-8-19(21)22(25-27)23(28)24-20-9-5-4-7-17(20)15-26(2)3/h4-5,7,9,11-14H,6,8,10,15H2,1-3H3,(H,24,28). The number of nitrogens with one attached hydrogen (secondary N) is 1. The van der Waals surface area contributed by atoms with E-state index in [9.17, 15) is 4.79 Å². The summed E-state index contributed by atoms with van der Waals surface area (Å²) >= 11 is 0. The Morgan fingerprint density at radius 1 is 1.11 bits per heavy atom. The molecule has 144 valence electrons. The highest BCUT2D eigenvalue weighted by Gasteiger charge is 2.27. The van der Waals surface area contributed by atoms with Crippen molar-refractivity contribution in [2.45, 2.75) is 32.7 Å². The summed E-state index contributed by atoms with van der Waals surface area (Å²) in [5, 5.41) is 7.81. The second-order valence-electron chi connectivity index (χ2n) is 7.72. The van der Waals surface area contributed by atoms with Gasteiger partial charge in [0.15, 0.2) is 5.69 Å². The minimum absolute atomic E-state index is 0.129. The highest BCUT2D eigenvalue weighted by molar-refractivity contribution is 6.04. The van der Waals surface area contributed by atoms with Crippen LogP contribution in [0.5, 0.6) is 0 Å². The summed E-state index contributed by atoms with van der Waals surface area (Å²) in [6, 6.07) is 16.2. The summed E-state index contributed by atoms with van der Waals surface area (Å²) in [5.74, 6) is -0.129. The third-order valence-electron chi connectivity index (χ3n) is 5.18. The van der Waals surface area contributed by atoms with Crippen molar-refractivity contribution in [3.63, 3.8) is 0 Å². The number of aryl methyl sites for hydroxylation is 1. The number of nitrogens with zero attached hydrogens (tertiary/aromatic N) is 3. The quantitative estimate of drug-likeness (QED) is 0.735. The number of anilines is 1. The normalized spacial score (nSPS) is 13.0. The van der Waals surface area contributed by atoms with Crippen LogP contribution in [-0.4, -0.2) is 34.7 Å². The molecule has 28 heavy (non-hydrogen) atoms. The molecular formula is C23H26N4O. The summed E-state index contributed by atoms with van der Waals surface area (Å²) in [7, 11) is 4.05. The van der Waals surface area contributed by atoms with Crippen LogP contribution in [0.2, 0.25) is 0 Å². The Balaban J connectivity index is 1.66. The van der Waals surface area contributed by atoms with E-state index < -0.39 is 0 Å². The number of benzene rings is 2. The Bertz CT molecular complexity index is 1000. The molecule has 2 aromatic carbocycles. The highest BCUT2D eigenvalue weighted by atomic mass is 16.2. The number of hydrogen-bond acceptors (Lipinski definition) is 3. The molecule has 0 saturated carbocycles. The largest absolute Gasteiger partial charge is 0.320 e. The Kier molecular flexibility index (Phi) is 5.01. The van der Waals surface area contributed by atoms with Crippen molar-refractivity contribution in [2.24, 2.45) is 0 Å². The molecule has 5 heteroatoms. The van der Waals surface area contributed by atoms with Gasteiger partial charge in [0, 0.05) is 23.5 Å². The van der Waals surface area contributed by atoms with Crippen LogP contribution in [0.25, 0.3) is 5.69 Å². The lowest BCUT2D eigenvalue weighted by molar-refractivity contribution is 0.102. The molecule has 0 atom stereocenters. The first-order chi connectivity index (χ1) is 13.5. The van der Waals surface area contributed by atoms with E-state index in [1.165, 1.54) is 5.56 Å². The zero-order valence-electron chi connectivity index (χ0n) is 16.7. The fourth-order valence-electron chi connectivity index (χ4n) is 3.82. The summed E-state index contributed by atoms with van der Waals surface area (Å²) in [6.07, 6.45) is 2.93. The van der Waals surface area contributed by atoms with E-state index in [0.717, 1.165) is 54.0 Å². The number of fused-ring (bicyclic) bond motifs is 1. The van der Waals surface area contributed by atoms with Gasteiger partial charge in [0.2, 0.25) is 0 Å². The molecule has 1 N–H and O–H groups in total. The summed E-state index contributed by atoms with van der Waals surface area (Å²) in [5.41, 5.74) is 6.96. The third kappa shape index (κ3) is 3.58. The second-order valence-corrected chi connectivity index (χ2v) is 7.72. The predicted octanol–water partition coefficient (Wildman–Crippen LogP) is 3.98. The van der Waals surface area contributed by atoms with Gasteiger partial charge < -0.3 is 10.2 Å². The minimum Gasteiger partial charge on any atom is -0.320 e. The van der Waals surface area contributed by atoms with Crippen molar-refractivity contribution < 1.29 is 4.79 Å². The lowest BCUT2D eigenvalue weighted by Gasteiger charge is -2.14. The van der Waals surface area contributed by atoms with E-state index in [1.807, 2.05) is 43.0 Å². The molecule has 4 rings (SSSR count). The number of carbonyl (C=O) groups excluding carboxylic acids is 1. The first-order valence-corrected chi connectivity index (χ1v) is 9.74. The maximum absolute atomic E-state index is 13.1. The molecule has 0 saturated heterocycles. The number of hydrogen-bond donors (Lipinski definition) is 1. The van der Waals surface area contributed by atoms with Gasteiger partial charge in [-0.1, -0.05) is 35.9 Å². The Morgan fingerprint density at radius 2 is 1.86 bits per heavy atom. The van der Waals surface area contributed by atoms with Crippen LogP contribution in [0.1, 0.15) is 39.3 Å². The first-order valence-electron chi connectivity index (χ1n) is 9.74. The van der Waals surface area contributed by atoms with Crippen molar-refractivity contribution in [2.75, 3.05) is 19.4 Å². The Hall–Kier alpha value is -2.92. The van der Waals surface area contributed by atoms with Gasteiger partial charge in [-0.15, -0.1) is 0 Å². The van der Waals surface area contributed by atoms with Crippen molar-refractivity contribution in [3.05, 3.63) is 76.6 Å². The van der Waals surface area contributed by atoms with E-state index in [4.69, 9.17) is 5.10 Å². The number of rotatable bonds is 5. The highest BCUT2D eigenvalue weighted by Crippen LogP contribution is 2.29. The van der Waals surface area contributed by atoms with Gasteiger partial charge in [-0.05, 0) is 64.0 Å². The van der Waals surface area contributed by atoms with Gasteiger partial charge in [0.05, 0.1) is 5.69 Å². The van der Waals surface area contributed by atoms with Crippen LogP contribution in [0, 0.1) is 6.92 Å². The third-order valence-corrected chi connectivity index (χ3v) is 5.18. The molecule has 3 aromatic rings. The van der Waals surface area contributed by atoms with Gasteiger partial charge in [-0.25, -0.2) is 4.68 Å². The Morgan fingerprint density at radius 3 is 2.61 bits per heavy atom. The molecule has 0 fully saturated rings. The van der Waals surface area contributed by atoms with Gasteiger partial charge in [0.1, 0.15) is 0 Å². The number of carbonyl (C=O) groups is 1. The van der Waals surface area contributed by atoms with E-state index in [2.05, 4.69) is 41.4 Å². The van der Waals surface area contributed by atoms with Gasteiger partial charge in [0.25, 0.3) is 5.91 Å². The van der Waals surface area contributed by atoms with Crippen molar-refractivity contribution in [3.8, 4) is 5.69 Å². The molecule has 1 heterocycles. The maximum atomic E-state index is 13.1. The smallest absolute Gasteiger partial charge is 0.276 e. The average Bonchev–Trinajstić information content (AvgIpc) is 3.26. The van der Waals surface area contributed by atoms with E-state index >= 15 is 0 Å². The molecular weight excluding hydrogens is 348 g/mol. The van der Waals surface area contributed by atoms with E-state index in [1.54, 1.807) is 0 Å². The second kappa shape index (κ2) is 7.60. The lowest BCUT2D eigenvalue weighted by Crippen LogP contribution is -2.18. The predicted molar refractivity (Wildman–Crippen MR) is 112 cm³/mol. The van der Waals surface area contributed by atoms with Crippen LogP contribution >= 0.6 is 0 Å². The summed E-state index contributed by atoms with van der Waals surface area (Å²) in [4.78, 5) is 15.2. The number of amides is 1. The van der Waals surface area contributed by atoms with Crippen LogP contribution in [0.4, 0.5) is 5.69 Å². The topological polar surface area (TPSA) is 50.2 Å². The van der Waals surface area contributed by atoms with Crippen LogP contribution in [0.3, 0.4) is 0 Å². The van der Waals surface area contributed by atoms with Crippen LogP contribution in [-0.2, 0) is 19.4 Å². The number of aromatic nitrogens is 2. The van der Waals surface area contributed by atoms with Crippen LogP contribution in [0.15, 0.2) is 48.5 Å². The molecule has 0 unspecified atom stereocenters. The zero-order chi connectivity index (χ0) is 19.7. The summed E-state index contributed by atoms with van der Waals surface area (Å²) < 4.78 is 1.95. The van der Waals surface area contributed by atoms with Gasteiger partial charge in [-0.2, -0.15) is 5.10 Å². The fourth-order valence-corrected chi connectivity index (χ4v) is 3.82. The SMILES string of the molecule is Cc1ccc(-n2nc(C(=O)Nc3ccccc3CN(C)C)c3c2CCC3)cc1. The number of para-hydroxylation sites is 1. The molecule has 0 bridgehead atoms. The molecule has 0 radical (unpaired) electrons. The molecule has 1 aliphatic rings. The van der Waals surface area contributed by atoms with Crippen molar-refractivity contribution in [1.82, 2.24) is 14.7 Å². The average molecular weight is 374 g/mol. The molecule has 0 spiro atoms. The molecule has 1 amide bonds. The Labute approximate surface area is 166 Å². The molecule has 0 aliphatic heterocycles. The first kappa shape index (κ1) is 18.4. The van der Waals surface area contributed by atoms with Gasteiger partial charge in [-0.3, -0.25) is 4.79 Å². The molecule has 1 aromatic heterocycles. The fraction of sp³-hybridized carbons (Fsp3) is 0.304. The zero-order valence-corrected chi connectivity index (χ0v) is 16.7. The molecule has 5 nitrogen and oxygen atoms in total. The minimum atomic E-state index is -0.129. The van der Waals surface area contributed by atoms with E-state index in [-0.39, 0.29) is 5.91 Å². The van der Waals surface area contributed by atoms with Crippen molar-refractivity contribution >= 4 is 11.6 Å². The van der Waals surface area contributed by atoms with Crippen molar-refractivity contribution in [1.29, 1.82) is 0 Å². The van der Waals surface area contributed by atoms with Gasteiger partial charge >= 0.3 is 0 Å². The monoisotopic (exact) mass is 374 g/mol. The van der Waals surface area contributed by atoms with E-state index in [0.29, 0.717) is 5.69 Å². The molecule has 1 aliphatic carbocycles. The lowest BCUT2D eigenvalue weighted by atomic mass is 10.1. The summed E-state index contributed by atoms with van der Waals surface area (Å²) in [6.45, 7) is 2.84. The maximum Gasteiger partial charge on any atom is 0.276 e. The van der Waals surface area contributed by atoms with Crippen LogP contribution < -0.4 is 5.32 Å².